The maximum absolute atomic E-state index is 12.0. The molecule has 2 aromatic carbocycles. The summed E-state index contributed by atoms with van der Waals surface area (Å²) in [4.78, 5) is 24.0. The van der Waals surface area contributed by atoms with E-state index in [4.69, 9.17) is 0 Å². The molecule has 2 amide bonds. The molecule has 0 heterocycles. The molecule has 2 N–H and O–H groups in total. The van der Waals surface area contributed by atoms with Crippen LogP contribution in [0.3, 0.4) is 0 Å². The van der Waals surface area contributed by atoms with Gasteiger partial charge in [0.2, 0.25) is 0 Å². The summed E-state index contributed by atoms with van der Waals surface area (Å²) in [6, 6.07) is 17.4. The van der Waals surface area contributed by atoms with Gasteiger partial charge in [0.1, 0.15) is 0 Å². The Hall–Kier alpha value is -2.62. The van der Waals surface area contributed by atoms with E-state index < -0.39 is 11.8 Å². The molecule has 0 saturated heterocycles. The monoisotopic (exact) mass is 338 g/mol. The van der Waals surface area contributed by atoms with Crippen LogP contribution < -0.4 is 10.6 Å². The molecule has 4 nitrogen and oxygen atoms in total. The highest BCUT2D eigenvalue weighted by molar-refractivity contribution is 6.39. The zero-order valence-corrected chi connectivity index (χ0v) is 15.3. The van der Waals surface area contributed by atoms with Crippen molar-refractivity contribution in [3.05, 3.63) is 65.7 Å². The molecule has 0 aliphatic heterocycles. The van der Waals surface area contributed by atoms with Gasteiger partial charge in [-0.2, -0.15) is 0 Å². The zero-order chi connectivity index (χ0) is 18.4. The number of anilines is 1. The van der Waals surface area contributed by atoms with Crippen molar-refractivity contribution < 1.29 is 9.59 Å². The Morgan fingerprint density at radius 3 is 2.08 bits per heavy atom. The second kappa shape index (κ2) is 7.97. The van der Waals surface area contributed by atoms with Crippen molar-refractivity contribution in [3.8, 4) is 0 Å². The normalized spacial score (nSPS) is 12.3. The van der Waals surface area contributed by atoms with E-state index in [-0.39, 0.29) is 11.3 Å². The fourth-order valence-electron chi connectivity index (χ4n) is 2.47. The number of nitrogens with one attached hydrogen (secondary N) is 2. The number of hydrogen-bond donors (Lipinski definition) is 2. The summed E-state index contributed by atoms with van der Waals surface area (Å²) in [6.07, 6.45) is 0. The quantitative estimate of drug-likeness (QED) is 0.832. The fourth-order valence-corrected chi connectivity index (χ4v) is 2.47. The van der Waals surface area contributed by atoms with Gasteiger partial charge in [0.25, 0.3) is 0 Å². The van der Waals surface area contributed by atoms with E-state index >= 15 is 0 Å². The van der Waals surface area contributed by atoms with E-state index in [9.17, 15) is 9.59 Å². The highest BCUT2D eigenvalue weighted by Gasteiger charge is 2.16. The molecule has 0 aliphatic carbocycles. The molecular weight excluding hydrogens is 312 g/mol. The summed E-state index contributed by atoms with van der Waals surface area (Å²) in [5.41, 5.74) is 2.96. The van der Waals surface area contributed by atoms with E-state index in [0.29, 0.717) is 12.2 Å². The maximum atomic E-state index is 12.0. The second-order valence-electron chi connectivity index (χ2n) is 7.30. The summed E-state index contributed by atoms with van der Waals surface area (Å²) >= 11 is 0. The molecule has 0 radical (unpaired) electrons. The highest BCUT2D eigenvalue weighted by Crippen LogP contribution is 2.23. The molecule has 25 heavy (non-hydrogen) atoms. The number of amides is 2. The smallest absolute Gasteiger partial charge is 0.313 e. The van der Waals surface area contributed by atoms with Gasteiger partial charge in [-0.15, -0.1) is 0 Å². The van der Waals surface area contributed by atoms with Crippen LogP contribution in [0.4, 0.5) is 5.69 Å². The van der Waals surface area contributed by atoms with Crippen molar-refractivity contribution in [3.63, 3.8) is 0 Å². The number of hydrogen-bond acceptors (Lipinski definition) is 2. The molecule has 132 valence electrons. The van der Waals surface area contributed by atoms with Gasteiger partial charge in [0, 0.05) is 12.2 Å². The van der Waals surface area contributed by atoms with Crippen LogP contribution >= 0.6 is 0 Å². The van der Waals surface area contributed by atoms with Gasteiger partial charge in [-0.3, -0.25) is 9.59 Å². The lowest BCUT2D eigenvalue weighted by Gasteiger charge is -2.19. The van der Waals surface area contributed by atoms with Crippen LogP contribution in [-0.4, -0.2) is 18.4 Å². The van der Waals surface area contributed by atoms with Gasteiger partial charge in [-0.1, -0.05) is 70.2 Å². The molecule has 0 aromatic heterocycles. The molecule has 0 spiro atoms. The average Bonchev–Trinajstić information content (AvgIpc) is 2.59. The first kappa shape index (κ1) is 18.7. The molecule has 2 aromatic rings. The minimum absolute atomic E-state index is 0.0491. The number of benzene rings is 2. The number of carbonyl (C=O) groups excluding carboxylic acids is 2. The summed E-state index contributed by atoms with van der Waals surface area (Å²) in [6.45, 7) is 8.81. The van der Waals surface area contributed by atoms with Gasteiger partial charge in [-0.25, -0.2) is 0 Å². The third-order valence-electron chi connectivity index (χ3n) is 4.15. The van der Waals surface area contributed by atoms with Crippen molar-refractivity contribution in [1.82, 2.24) is 5.32 Å². The van der Waals surface area contributed by atoms with Gasteiger partial charge in [-0.05, 0) is 34.6 Å². The predicted molar refractivity (Wildman–Crippen MR) is 102 cm³/mol. The summed E-state index contributed by atoms with van der Waals surface area (Å²) in [7, 11) is 0. The number of rotatable bonds is 4. The second-order valence-corrected chi connectivity index (χ2v) is 7.30. The van der Waals surface area contributed by atoms with Crippen LogP contribution in [0.5, 0.6) is 0 Å². The van der Waals surface area contributed by atoms with Crippen LogP contribution in [0.1, 0.15) is 44.7 Å². The first-order valence-corrected chi connectivity index (χ1v) is 8.52. The Morgan fingerprint density at radius 2 is 1.52 bits per heavy atom. The van der Waals surface area contributed by atoms with E-state index in [1.54, 1.807) is 0 Å². The molecule has 1 atom stereocenters. The SMILES string of the molecule is CC(CNC(=O)C(=O)Nc1ccc(C(C)(C)C)cc1)c1ccccc1. The fraction of sp³-hybridized carbons (Fsp3) is 0.333. The van der Waals surface area contributed by atoms with Crippen molar-refractivity contribution in [2.45, 2.75) is 39.0 Å². The summed E-state index contributed by atoms with van der Waals surface area (Å²) in [5.74, 6) is -1.13. The third-order valence-corrected chi connectivity index (χ3v) is 4.15. The lowest BCUT2D eigenvalue weighted by molar-refractivity contribution is -0.136. The van der Waals surface area contributed by atoms with Crippen molar-refractivity contribution in [1.29, 1.82) is 0 Å². The Labute approximate surface area is 149 Å². The average molecular weight is 338 g/mol. The van der Waals surface area contributed by atoms with Gasteiger partial charge in [0.15, 0.2) is 0 Å². The highest BCUT2D eigenvalue weighted by atomic mass is 16.2. The lowest BCUT2D eigenvalue weighted by atomic mass is 9.87. The molecule has 0 aliphatic rings. The van der Waals surface area contributed by atoms with Gasteiger partial charge >= 0.3 is 11.8 Å². The Bertz CT molecular complexity index is 716. The van der Waals surface area contributed by atoms with Gasteiger partial charge in [0.05, 0.1) is 0 Å². The molecule has 0 bridgehead atoms. The maximum Gasteiger partial charge on any atom is 0.313 e. The third kappa shape index (κ3) is 5.45. The van der Waals surface area contributed by atoms with Crippen LogP contribution in [0, 0.1) is 0 Å². The topological polar surface area (TPSA) is 58.2 Å². The minimum atomic E-state index is -0.649. The molecule has 1 unspecified atom stereocenters. The Morgan fingerprint density at radius 1 is 0.920 bits per heavy atom. The summed E-state index contributed by atoms with van der Waals surface area (Å²) in [5, 5.41) is 5.32. The van der Waals surface area contributed by atoms with Gasteiger partial charge < -0.3 is 10.6 Å². The van der Waals surface area contributed by atoms with Crippen LogP contribution in [0.25, 0.3) is 0 Å². The summed E-state index contributed by atoms with van der Waals surface area (Å²) < 4.78 is 0. The molecule has 4 heteroatoms. The molecule has 2 rings (SSSR count). The van der Waals surface area contributed by atoms with E-state index in [1.165, 1.54) is 5.56 Å². The van der Waals surface area contributed by atoms with Crippen molar-refractivity contribution in [2.24, 2.45) is 0 Å². The van der Waals surface area contributed by atoms with Crippen LogP contribution in [0.2, 0.25) is 0 Å². The lowest BCUT2D eigenvalue weighted by Crippen LogP contribution is -2.37. The van der Waals surface area contributed by atoms with Crippen LogP contribution in [-0.2, 0) is 15.0 Å². The van der Waals surface area contributed by atoms with E-state index in [0.717, 1.165) is 5.56 Å². The van der Waals surface area contributed by atoms with Crippen molar-refractivity contribution >= 4 is 17.5 Å². The standard InChI is InChI=1S/C21H26N2O2/c1-15(16-8-6-5-7-9-16)14-22-19(24)20(25)23-18-12-10-17(11-13-18)21(2,3)4/h5-13,15H,14H2,1-4H3,(H,22,24)(H,23,25). The molecule has 0 saturated carbocycles. The first-order valence-electron chi connectivity index (χ1n) is 8.52. The minimum Gasteiger partial charge on any atom is -0.347 e. The molecular formula is C21H26N2O2. The Balaban J connectivity index is 1.87. The number of carbonyl (C=O) groups is 2. The van der Waals surface area contributed by atoms with Crippen molar-refractivity contribution in [2.75, 3.05) is 11.9 Å². The Kier molecular flexibility index (Phi) is 5.97. The predicted octanol–water partition coefficient (Wildman–Crippen LogP) is 3.84. The molecule has 0 fully saturated rings. The van der Waals surface area contributed by atoms with E-state index in [1.807, 2.05) is 61.5 Å². The first-order chi connectivity index (χ1) is 11.8. The van der Waals surface area contributed by atoms with Crippen LogP contribution in [0.15, 0.2) is 54.6 Å². The zero-order valence-electron chi connectivity index (χ0n) is 15.3. The largest absolute Gasteiger partial charge is 0.347 e. The van der Waals surface area contributed by atoms with E-state index in [2.05, 4.69) is 31.4 Å².